The van der Waals surface area contributed by atoms with Crippen molar-refractivity contribution in [3.05, 3.63) is 6.42 Å². The number of hydrogen-bond donors (Lipinski definition) is 0. The summed E-state index contributed by atoms with van der Waals surface area (Å²) in [7, 11) is 0. The molecule has 0 rings (SSSR count). The van der Waals surface area contributed by atoms with Crippen LogP contribution in [-0.4, -0.2) is 0 Å². The van der Waals surface area contributed by atoms with Crippen molar-refractivity contribution in [3.63, 3.8) is 0 Å². The second-order valence-electron chi connectivity index (χ2n) is 5.05. The predicted octanol–water partition coefficient (Wildman–Crippen LogP) is 3.31. The van der Waals surface area contributed by atoms with Crippen LogP contribution in [-0.2, 0) is 0 Å². The smallest absolute Gasteiger partial charge is 0.328 e. The second-order valence-corrected chi connectivity index (χ2v) is 5.05. The van der Waals surface area contributed by atoms with E-state index in [1.807, 2.05) is 0 Å². The molecular weight excluding hydrogens is 215 g/mol. The minimum atomic E-state index is 0. The van der Waals surface area contributed by atoms with Crippen LogP contribution in [0.15, 0.2) is 0 Å². The Morgan fingerprint density at radius 3 is 1.41 bits per heavy atom. The van der Waals surface area contributed by atoms with Crippen LogP contribution in [0.5, 0.6) is 0 Å². The molecule has 0 nitrogen and oxygen atoms in total. The molecule has 0 heterocycles. The topological polar surface area (TPSA) is 0 Å². The molecule has 0 aromatic heterocycles. The third-order valence-electron chi connectivity index (χ3n) is 3.27. The van der Waals surface area contributed by atoms with Crippen molar-refractivity contribution >= 4 is 0 Å². The number of hydrogen-bond acceptors (Lipinski definition) is 0. The maximum atomic E-state index is 2.51. The van der Waals surface area contributed by atoms with E-state index in [1.54, 1.807) is 0 Å². The van der Waals surface area contributed by atoms with Gasteiger partial charge in [-0.2, -0.15) is 12.8 Å². The van der Waals surface area contributed by atoms with Gasteiger partial charge in [0.25, 0.3) is 0 Å². The standard InChI is InChI=1S/C16H33.Na/c1-3-5-7-9-11-13-15-16-14-12-10-8-6-4-2;/h11H,3-10,12-16H2,1-2H3;/q-1;+1. The van der Waals surface area contributed by atoms with Crippen molar-refractivity contribution in [1.82, 2.24) is 0 Å². The van der Waals surface area contributed by atoms with Crippen LogP contribution in [0.3, 0.4) is 0 Å². The molecule has 0 aliphatic heterocycles. The van der Waals surface area contributed by atoms with Crippen molar-refractivity contribution in [2.24, 2.45) is 0 Å². The molecule has 0 radical (unpaired) electrons. The molecule has 0 bridgehead atoms. The van der Waals surface area contributed by atoms with Crippen LogP contribution in [0.1, 0.15) is 97.3 Å². The van der Waals surface area contributed by atoms with E-state index in [-0.39, 0.29) is 29.6 Å². The summed E-state index contributed by atoms with van der Waals surface area (Å²) in [5.41, 5.74) is 0. The van der Waals surface area contributed by atoms with Gasteiger partial charge in [0, 0.05) is 0 Å². The first-order valence-electron chi connectivity index (χ1n) is 7.73. The van der Waals surface area contributed by atoms with E-state index >= 15 is 0 Å². The van der Waals surface area contributed by atoms with E-state index in [2.05, 4.69) is 20.3 Å². The molecule has 0 N–H and O–H groups in total. The first kappa shape index (κ1) is 20.3. The average molecular weight is 248 g/mol. The average Bonchev–Trinajstić information content (AvgIpc) is 2.31. The van der Waals surface area contributed by atoms with E-state index in [1.165, 1.54) is 83.5 Å². The molecule has 0 fully saturated rings. The van der Waals surface area contributed by atoms with Crippen molar-refractivity contribution < 1.29 is 29.6 Å². The number of unbranched alkanes of at least 4 members (excludes halogenated alkanes) is 13. The Labute approximate surface area is 133 Å². The van der Waals surface area contributed by atoms with Gasteiger partial charge in [0.05, 0.1) is 0 Å². The van der Waals surface area contributed by atoms with Gasteiger partial charge in [0.1, 0.15) is 0 Å². The Morgan fingerprint density at radius 2 is 0.882 bits per heavy atom. The van der Waals surface area contributed by atoms with Gasteiger partial charge in [0.2, 0.25) is 0 Å². The Balaban J connectivity index is 0. The van der Waals surface area contributed by atoms with E-state index in [0.29, 0.717) is 0 Å². The van der Waals surface area contributed by atoms with Crippen LogP contribution >= 0.6 is 0 Å². The summed E-state index contributed by atoms with van der Waals surface area (Å²) >= 11 is 0. The molecule has 0 aromatic carbocycles. The van der Waals surface area contributed by atoms with Crippen molar-refractivity contribution in [2.75, 3.05) is 0 Å². The summed E-state index contributed by atoms with van der Waals surface area (Å²) in [4.78, 5) is 0. The summed E-state index contributed by atoms with van der Waals surface area (Å²) < 4.78 is 0. The van der Waals surface area contributed by atoms with E-state index in [0.717, 1.165) is 0 Å². The van der Waals surface area contributed by atoms with Gasteiger partial charge in [0.15, 0.2) is 0 Å². The van der Waals surface area contributed by atoms with Crippen molar-refractivity contribution in [3.8, 4) is 0 Å². The van der Waals surface area contributed by atoms with Crippen LogP contribution in [0.4, 0.5) is 0 Å². The molecule has 0 saturated carbocycles. The predicted molar refractivity (Wildman–Crippen MR) is 75.7 cm³/mol. The van der Waals surface area contributed by atoms with Crippen LogP contribution < -0.4 is 29.6 Å². The maximum Gasteiger partial charge on any atom is 1.00 e. The maximum absolute atomic E-state index is 2.51. The summed E-state index contributed by atoms with van der Waals surface area (Å²) in [6.45, 7) is 4.56. The molecule has 98 valence electrons. The van der Waals surface area contributed by atoms with Gasteiger partial charge < -0.3 is 6.42 Å². The minimum absolute atomic E-state index is 0. The molecule has 0 saturated heterocycles. The third kappa shape index (κ3) is 19.5. The summed E-state index contributed by atoms with van der Waals surface area (Å²) in [6, 6.07) is 0. The normalized spacial score (nSPS) is 10.2. The quantitative estimate of drug-likeness (QED) is 0.266. The largest absolute Gasteiger partial charge is 1.00 e. The van der Waals surface area contributed by atoms with Gasteiger partial charge >= 0.3 is 29.6 Å². The fraction of sp³-hybridized carbons (Fsp3) is 0.938. The second kappa shape index (κ2) is 19.3. The van der Waals surface area contributed by atoms with Crippen LogP contribution in [0, 0.1) is 6.42 Å². The zero-order valence-corrected chi connectivity index (χ0v) is 14.8. The first-order valence-corrected chi connectivity index (χ1v) is 7.73. The van der Waals surface area contributed by atoms with Gasteiger partial charge in [-0.15, -0.1) is 0 Å². The molecule has 1 heteroatoms. The van der Waals surface area contributed by atoms with E-state index in [4.69, 9.17) is 0 Å². The first-order chi connectivity index (χ1) is 7.91. The molecule has 0 unspecified atom stereocenters. The molecule has 17 heavy (non-hydrogen) atoms. The Morgan fingerprint density at radius 1 is 0.529 bits per heavy atom. The monoisotopic (exact) mass is 248 g/mol. The molecule has 0 aromatic rings. The summed E-state index contributed by atoms with van der Waals surface area (Å²) in [5, 5.41) is 0. The van der Waals surface area contributed by atoms with Crippen LogP contribution in [0.2, 0.25) is 0 Å². The van der Waals surface area contributed by atoms with E-state index < -0.39 is 0 Å². The fourth-order valence-electron chi connectivity index (χ4n) is 2.11. The minimum Gasteiger partial charge on any atom is -0.328 e. The third-order valence-corrected chi connectivity index (χ3v) is 3.27. The number of rotatable bonds is 13. The summed E-state index contributed by atoms with van der Waals surface area (Å²) in [6.07, 6.45) is 20.9. The Hall–Kier alpha value is 1.00. The van der Waals surface area contributed by atoms with E-state index in [9.17, 15) is 0 Å². The molecule has 0 amide bonds. The molecule has 0 aliphatic rings. The van der Waals surface area contributed by atoms with Crippen LogP contribution in [0.25, 0.3) is 0 Å². The van der Waals surface area contributed by atoms with Crippen molar-refractivity contribution in [2.45, 2.75) is 97.3 Å². The molecular formula is C16H33Na. The Kier molecular flexibility index (Phi) is 23.1. The zero-order chi connectivity index (χ0) is 11.9. The zero-order valence-electron chi connectivity index (χ0n) is 12.8. The molecule has 0 spiro atoms. The van der Waals surface area contributed by atoms with Gasteiger partial charge in [-0.05, 0) is 0 Å². The van der Waals surface area contributed by atoms with Gasteiger partial charge in [-0.1, -0.05) is 84.5 Å². The van der Waals surface area contributed by atoms with Gasteiger partial charge in [-0.25, -0.2) is 0 Å². The fourth-order valence-corrected chi connectivity index (χ4v) is 2.11. The summed E-state index contributed by atoms with van der Waals surface area (Å²) in [5.74, 6) is 0. The molecule has 0 atom stereocenters. The molecule has 0 aliphatic carbocycles. The van der Waals surface area contributed by atoms with Gasteiger partial charge in [-0.3, -0.25) is 0 Å². The van der Waals surface area contributed by atoms with Crippen molar-refractivity contribution in [1.29, 1.82) is 0 Å². The SMILES string of the molecule is CCCCC[CH-]CCCCCCCCCC.[Na+]. The Bertz CT molecular complexity index is 98.1.